The molecule has 2 heterocycles. The number of hydrogen-bond acceptors (Lipinski definition) is 2. The van der Waals surface area contributed by atoms with E-state index in [-0.39, 0.29) is 10.8 Å². The summed E-state index contributed by atoms with van der Waals surface area (Å²) in [6.45, 7) is 16.1. The molecule has 1 aromatic heterocycles. The van der Waals surface area contributed by atoms with Gasteiger partial charge in [-0.05, 0) is 24.3 Å². The fourth-order valence-corrected chi connectivity index (χ4v) is 2.98. The van der Waals surface area contributed by atoms with Gasteiger partial charge in [0, 0.05) is 36.0 Å². The van der Waals surface area contributed by atoms with Gasteiger partial charge in [0.25, 0.3) is 0 Å². The SMILES string of the molecule is CC(C)(C)c1nccc(N2CCCC2)c1C(C)(C)C. The second-order valence-electron chi connectivity index (χ2n) is 7.75. The summed E-state index contributed by atoms with van der Waals surface area (Å²) in [5, 5.41) is 0. The maximum atomic E-state index is 4.72. The molecule has 2 heteroatoms. The van der Waals surface area contributed by atoms with Crippen molar-refractivity contribution in [1.29, 1.82) is 0 Å². The van der Waals surface area contributed by atoms with Crippen molar-refractivity contribution in [2.45, 2.75) is 65.2 Å². The highest BCUT2D eigenvalue weighted by atomic mass is 15.1. The van der Waals surface area contributed by atoms with Gasteiger partial charge in [-0.1, -0.05) is 41.5 Å². The van der Waals surface area contributed by atoms with E-state index in [9.17, 15) is 0 Å². The van der Waals surface area contributed by atoms with Gasteiger partial charge in [-0.2, -0.15) is 0 Å². The Morgan fingerprint density at radius 1 is 0.947 bits per heavy atom. The monoisotopic (exact) mass is 260 g/mol. The Morgan fingerprint density at radius 3 is 2.00 bits per heavy atom. The van der Waals surface area contributed by atoms with Crippen LogP contribution in [0.3, 0.4) is 0 Å². The fourth-order valence-electron chi connectivity index (χ4n) is 2.98. The lowest BCUT2D eigenvalue weighted by Gasteiger charge is -2.34. The number of rotatable bonds is 1. The van der Waals surface area contributed by atoms with E-state index in [1.165, 1.54) is 42.9 Å². The summed E-state index contributed by atoms with van der Waals surface area (Å²) in [7, 11) is 0. The van der Waals surface area contributed by atoms with Crippen LogP contribution in [0, 0.1) is 0 Å². The van der Waals surface area contributed by atoms with E-state index in [1.54, 1.807) is 0 Å². The third kappa shape index (κ3) is 2.93. The highest BCUT2D eigenvalue weighted by Gasteiger charge is 2.31. The lowest BCUT2D eigenvalue weighted by molar-refractivity contribution is 0.513. The first-order valence-electron chi connectivity index (χ1n) is 7.46. The van der Waals surface area contributed by atoms with Crippen LogP contribution in [-0.2, 0) is 10.8 Å². The minimum Gasteiger partial charge on any atom is -0.371 e. The van der Waals surface area contributed by atoms with E-state index in [2.05, 4.69) is 52.5 Å². The molecular formula is C17H28N2. The molecule has 1 fully saturated rings. The van der Waals surface area contributed by atoms with E-state index < -0.39 is 0 Å². The zero-order chi connectivity index (χ0) is 14.3. The van der Waals surface area contributed by atoms with Crippen molar-refractivity contribution in [3.05, 3.63) is 23.5 Å². The molecule has 0 spiro atoms. The van der Waals surface area contributed by atoms with Crippen molar-refractivity contribution in [2.75, 3.05) is 18.0 Å². The van der Waals surface area contributed by atoms with Crippen LogP contribution >= 0.6 is 0 Å². The molecule has 0 aliphatic carbocycles. The zero-order valence-corrected chi connectivity index (χ0v) is 13.4. The molecule has 0 N–H and O–H groups in total. The van der Waals surface area contributed by atoms with Gasteiger partial charge in [0.15, 0.2) is 0 Å². The predicted octanol–water partition coefficient (Wildman–Crippen LogP) is 4.28. The highest BCUT2D eigenvalue weighted by Crippen LogP contribution is 2.39. The second-order valence-corrected chi connectivity index (χ2v) is 7.75. The highest BCUT2D eigenvalue weighted by molar-refractivity contribution is 5.59. The van der Waals surface area contributed by atoms with E-state index in [1.807, 2.05) is 6.20 Å². The quantitative estimate of drug-likeness (QED) is 0.749. The summed E-state index contributed by atoms with van der Waals surface area (Å²) in [6, 6.07) is 2.21. The van der Waals surface area contributed by atoms with Gasteiger partial charge in [-0.3, -0.25) is 4.98 Å². The third-order valence-electron chi connectivity index (χ3n) is 3.84. The van der Waals surface area contributed by atoms with Crippen molar-refractivity contribution >= 4 is 5.69 Å². The molecule has 0 amide bonds. The van der Waals surface area contributed by atoms with Crippen molar-refractivity contribution < 1.29 is 0 Å². The summed E-state index contributed by atoms with van der Waals surface area (Å²) < 4.78 is 0. The largest absolute Gasteiger partial charge is 0.371 e. The maximum absolute atomic E-state index is 4.72. The van der Waals surface area contributed by atoms with Crippen molar-refractivity contribution in [3.63, 3.8) is 0 Å². The average Bonchev–Trinajstić information content (AvgIpc) is 2.79. The van der Waals surface area contributed by atoms with Crippen LogP contribution < -0.4 is 4.90 Å². The normalized spacial score (nSPS) is 17.1. The molecule has 0 aromatic carbocycles. The van der Waals surface area contributed by atoms with Crippen LogP contribution in [0.5, 0.6) is 0 Å². The smallest absolute Gasteiger partial charge is 0.0514 e. The van der Waals surface area contributed by atoms with E-state index >= 15 is 0 Å². The zero-order valence-electron chi connectivity index (χ0n) is 13.4. The fraction of sp³-hybridized carbons (Fsp3) is 0.706. The van der Waals surface area contributed by atoms with Gasteiger partial charge in [0.1, 0.15) is 0 Å². The van der Waals surface area contributed by atoms with Crippen LogP contribution in [-0.4, -0.2) is 18.1 Å². The third-order valence-corrected chi connectivity index (χ3v) is 3.84. The van der Waals surface area contributed by atoms with Crippen LogP contribution in [0.2, 0.25) is 0 Å². The number of pyridine rings is 1. The molecule has 0 bridgehead atoms. The lowest BCUT2D eigenvalue weighted by Crippen LogP contribution is -2.29. The number of aromatic nitrogens is 1. The molecule has 1 aliphatic heterocycles. The molecular weight excluding hydrogens is 232 g/mol. The summed E-state index contributed by atoms with van der Waals surface area (Å²) in [4.78, 5) is 7.26. The molecule has 106 valence electrons. The van der Waals surface area contributed by atoms with Gasteiger partial charge in [0.2, 0.25) is 0 Å². The summed E-state index contributed by atoms with van der Waals surface area (Å²) in [5.74, 6) is 0. The summed E-state index contributed by atoms with van der Waals surface area (Å²) in [5.41, 5.74) is 4.33. The van der Waals surface area contributed by atoms with Crippen molar-refractivity contribution in [1.82, 2.24) is 4.98 Å². The van der Waals surface area contributed by atoms with Crippen LogP contribution in [0.25, 0.3) is 0 Å². The van der Waals surface area contributed by atoms with Crippen LogP contribution in [0.15, 0.2) is 12.3 Å². The van der Waals surface area contributed by atoms with Gasteiger partial charge in [-0.25, -0.2) is 0 Å². The Bertz CT molecular complexity index is 443. The molecule has 0 radical (unpaired) electrons. The van der Waals surface area contributed by atoms with Gasteiger partial charge in [-0.15, -0.1) is 0 Å². The Morgan fingerprint density at radius 2 is 1.53 bits per heavy atom. The minimum absolute atomic E-state index is 0.0956. The van der Waals surface area contributed by atoms with E-state index in [0.29, 0.717) is 0 Å². The molecule has 0 atom stereocenters. The molecule has 2 nitrogen and oxygen atoms in total. The lowest BCUT2D eigenvalue weighted by atomic mass is 9.77. The molecule has 1 aromatic rings. The van der Waals surface area contributed by atoms with Crippen molar-refractivity contribution in [3.8, 4) is 0 Å². The number of anilines is 1. The first-order valence-corrected chi connectivity index (χ1v) is 7.46. The molecule has 1 aliphatic rings. The maximum Gasteiger partial charge on any atom is 0.0514 e. The number of hydrogen-bond donors (Lipinski definition) is 0. The first kappa shape index (κ1) is 14.4. The number of nitrogens with zero attached hydrogens (tertiary/aromatic N) is 2. The Hall–Kier alpha value is -1.05. The minimum atomic E-state index is 0.0956. The summed E-state index contributed by atoms with van der Waals surface area (Å²) in [6.07, 6.45) is 4.62. The van der Waals surface area contributed by atoms with Crippen LogP contribution in [0.4, 0.5) is 5.69 Å². The summed E-state index contributed by atoms with van der Waals surface area (Å²) >= 11 is 0. The van der Waals surface area contributed by atoms with Gasteiger partial charge < -0.3 is 4.90 Å². The first-order chi connectivity index (χ1) is 8.71. The van der Waals surface area contributed by atoms with Gasteiger partial charge in [0.05, 0.1) is 5.69 Å². The van der Waals surface area contributed by atoms with E-state index in [0.717, 1.165) is 0 Å². The van der Waals surface area contributed by atoms with Crippen molar-refractivity contribution in [2.24, 2.45) is 0 Å². The van der Waals surface area contributed by atoms with Gasteiger partial charge >= 0.3 is 0 Å². The Kier molecular flexibility index (Phi) is 3.63. The van der Waals surface area contributed by atoms with Crippen LogP contribution in [0.1, 0.15) is 65.6 Å². The van der Waals surface area contributed by atoms with E-state index in [4.69, 9.17) is 4.98 Å². The molecule has 0 saturated carbocycles. The Balaban J connectivity index is 2.60. The molecule has 2 rings (SSSR count). The molecule has 1 saturated heterocycles. The molecule has 0 unspecified atom stereocenters. The predicted molar refractivity (Wildman–Crippen MR) is 83.1 cm³/mol. The Labute approximate surface area is 118 Å². The topological polar surface area (TPSA) is 16.1 Å². The standard InChI is InChI=1S/C17H28N2/c1-16(2,3)14-13(19-11-7-8-12-19)9-10-18-15(14)17(4,5)6/h9-10H,7-8,11-12H2,1-6H3. The average molecular weight is 260 g/mol. The second kappa shape index (κ2) is 4.81. The molecule has 19 heavy (non-hydrogen) atoms.